The summed E-state index contributed by atoms with van der Waals surface area (Å²) in [7, 11) is 0. The SMILES string of the molecule is C[C@]1(NC(=O)O)C[C@@H](O)C1. The van der Waals surface area contributed by atoms with Gasteiger partial charge in [-0.05, 0) is 19.8 Å². The summed E-state index contributed by atoms with van der Waals surface area (Å²) >= 11 is 0. The Kier molecular flexibility index (Phi) is 1.56. The van der Waals surface area contributed by atoms with Crippen molar-refractivity contribution in [2.24, 2.45) is 0 Å². The van der Waals surface area contributed by atoms with Crippen molar-refractivity contribution in [1.29, 1.82) is 0 Å². The van der Waals surface area contributed by atoms with E-state index in [1.54, 1.807) is 6.92 Å². The molecule has 0 aromatic rings. The van der Waals surface area contributed by atoms with Crippen LogP contribution < -0.4 is 5.32 Å². The number of carboxylic acid groups (broad SMARTS) is 1. The predicted molar refractivity (Wildman–Crippen MR) is 34.8 cm³/mol. The quantitative estimate of drug-likeness (QED) is 0.492. The molecule has 58 valence electrons. The maximum atomic E-state index is 10.1. The Morgan fingerprint density at radius 1 is 1.70 bits per heavy atom. The van der Waals surface area contributed by atoms with E-state index in [0.717, 1.165) is 0 Å². The van der Waals surface area contributed by atoms with Crippen LogP contribution in [0.25, 0.3) is 0 Å². The summed E-state index contributed by atoms with van der Waals surface area (Å²) in [5, 5.41) is 19.5. The second-order valence-electron chi connectivity index (χ2n) is 3.05. The van der Waals surface area contributed by atoms with Crippen LogP contribution in [0.4, 0.5) is 4.79 Å². The third-order valence-corrected chi connectivity index (χ3v) is 1.78. The van der Waals surface area contributed by atoms with Crippen LogP contribution in [0.3, 0.4) is 0 Å². The molecule has 0 unspecified atom stereocenters. The Labute approximate surface area is 58.9 Å². The molecule has 0 radical (unpaired) electrons. The van der Waals surface area contributed by atoms with Crippen molar-refractivity contribution in [2.75, 3.05) is 0 Å². The number of hydrogen-bond acceptors (Lipinski definition) is 2. The molecule has 0 aliphatic heterocycles. The molecule has 0 aromatic heterocycles. The lowest BCUT2D eigenvalue weighted by molar-refractivity contribution is 0.0141. The van der Waals surface area contributed by atoms with Gasteiger partial charge in [0.15, 0.2) is 0 Å². The zero-order chi connectivity index (χ0) is 7.78. The van der Waals surface area contributed by atoms with Gasteiger partial charge >= 0.3 is 6.09 Å². The summed E-state index contributed by atoms with van der Waals surface area (Å²) in [5.41, 5.74) is -0.384. The zero-order valence-electron chi connectivity index (χ0n) is 5.79. The van der Waals surface area contributed by atoms with Crippen molar-refractivity contribution in [3.05, 3.63) is 0 Å². The molecule has 0 spiro atoms. The van der Waals surface area contributed by atoms with Gasteiger partial charge in [0.1, 0.15) is 0 Å². The van der Waals surface area contributed by atoms with E-state index in [-0.39, 0.29) is 11.6 Å². The summed E-state index contributed by atoms with van der Waals surface area (Å²) < 4.78 is 0. The normalized spacial score (nSPS) is 38.4. The first-order valence-corrected chi connectivity index (χ1v) is 3.21. The van der Waals surface area contributed by atoms with Gasteiger partial charge in [-0.15, -0.1) is 0 Å². The number of aliphatic hydroxyl groups is 1. The lowest BCUT2D eigenvalue weighted by atomic mass is 9.76. The minimum Gasteiger partial charge on any atom is -0.465 e. The minimum atomic E-state index is -1.02. The molecule has 0 saturated heterocycles. The summed E-state index contributed by atoms with van der Waals surface area (Å²) in [6.45, 7) is 1.79. The highest BCUT2D eigenvalue weighted by molar-refractivity contribution is 5.65. The topological polar surface area (TPSA) is 69.6 Å². The Hall–Kier alpha value is -0.770. The highest BCUT2D eigenvalue weighted by Gasteiger charge is 2.40. The van der Waals surface area contributed by atoms with E-state index in [1.165, 1.54) is 0 Å². The van der Waals surface area contributed by atoms with Gasteiger partial charge in [-0.25, -0.2) is 4.79 Å². The highest BCUT2D eigenvalue weighted by atomic mass is 16.4. The average Bonchev–Trinajstić information content (AvgIpc) is 1.57. The fourth-order valence-corrected chi connectivity index (χ4v) is 1.34. The van der Waals surface area contributed by atoms with E-state index < -0.39 is 6.09 Å². The van der Waals surface area contributed by atoms with Crippen LogP contribution >= 0.6 is 0 Å². The molecule has 4 nitrogen and oxygen atoms in total. The third kappa shape index (κ3) is 1.39. The van der Waals surface area contributed by atoms with Crippen LogP contribution in [0.2, 0.25) is 0 Å². The lowest BCUT2D eigenvalue weighted by Gasteiger charge is -2.42. The van der Waals surface area contributed by atoms with Gasteiger partial charge in [0, 0.05) is 5.54 Å². The van der Waals surface area contributed by atoms with Crippen molar-refractivity contribution in [2.45, 2.75) is 31.4 Å². The second-order valence-corrected chi connectivity index (χ2v) is 3.05. The van der Waals surface area contributed by atoms with Gasteiger partial charge in [-0.1, -0.05) is 0 Å². The maximum absolute atomic E-state index is 10.1. The maximum Gasteiger partial charge on any atom is 0.405 e. The molecule has 0 heterocycles. The van der Waals surface area contributed by atoms with E-state index in [2.05, 4.69) is 5.32 Å². The third-order valence-electron chi connectivity index (χ3n) is 1.78. The second kappa shape index (κ2) is 2.12. The molecule has 4 heteroatoms. The largest absolute Gasteiger partial charge is 0.465 e. The lowest BCUT2D eigenvalue weighted by Crippen LogP contribution is -2.56. The number of carbonyl (C=O) groups is 1. The first-order chi connectivity index (χ1) is 4.52. The molecule has 0 bridgehead atoms. The average molecular weight is 145 g/mol. The Morgan fingerprint density at radius 2 is 2.20 bits per heavy atom. The van der Waals surface area contributed by atoms with Crippen LogP contribution in [-0.2, 0) is 0 Å². The van der Waals surface area contributed by atoms with Crippen LogP contribution in [0.15, 0.2) is 0 Å². The van der Waals surface area contributed by atoms with Crippen LogP contribution in [0.1, 0.15) is 19.8 Å². The highest BCUT2D eigenvalue weighted by Crippen LogP contribution is 2.31. The predicted octanol–water partition coefficient (Wildman–Crippen LogP) is 0.167. The molecule has 3 N–H and O–H groups in total. The standard InChI is InChI=1S/C6H11NO3/c1-6(7-5(9)10)2-4(8)3-6/h4,7-8H,2-3H2,1H3,(H,9,10)/t4-,6+. The Morgan fingerprint density at radius 3 is 2.50 bits per heavy atom. The van der Waals surface area contributed by atoms with Crippen molar-refractivity contribution < 1.29 is 15.0 Å². The van der Waals surface area contributed by atoms with Crippen molar-refractivity contribution in [3.8, 4) is 0 Å². The molecule has 1 saturated carbocycles. The number of rotatable bonds is 1. The van der Waals surface area contributed by atoms with E-state index >= 15 is 0 Å². The first-order valence-electron chi connectivity index (χ1n) is 3.21. The zero-order valence-corrected chi connectivity index (χ0v) is 5.79. The molecular weight excluding hydrogens is 134 g/mol. The van der Waals surface area contributed by atoms with Gasteiger partial charge in [0.2, 0.25) is 0 Å². The molecular formula is C6H11NO3. The Balaban J connectivity index is 2.34. The van der Waals surface area contributed by atoms with Crippen LogP contribution in [0, 0.1) is 0 Å². The van der Waals surface area contributed by atoms with Crippen molar-refractivity contribution in [3.63, 3.8) is 0 Å². The van der Waals surface area contributed by atoms with E-state index in [1.807, 2.05) is 0 Å². The number of amides is 1. The summed E-state index contributed by atoms with van der Waals surface area (Å²) in [5.74, 6) is 0. The van der Waals surface area contributed by atoms with E-state index in [4.69, 9.17) is 10.2 Å². The van der Waals surface area contributed by atoms with E-state index in [0.29, 0.717) is 12.8 Å². The summed E-state index contributed by atoms with van der Waals surface area (Å²) in [6, 6.07) is 0. The molecule has 1 rings (SSSR count). The molecule has 1 amide bonds. The van der Waals surface area contributed by atoms with Gasteiger partial charge in [0.25, 0.3) is 0 Å². The van der Waals surface area contributed by atoms with Gasteiger partial charge < -0.3 is 15.5 Å². The molecule has 1 fully saturated rings. The molecule has 1 aliphatic rings. The van der Waals surface area contributed by atoms with E-state index in [9.17, 15) is 4.79 Å². The summed E-state index contributed by atoms with van der Waals surface area (Å²) in [6.07, 6.45) is -0.287. The first kappa shape index (κ1) is 7.34. The monoisotopic (exact) mass is 145 g/mol. The van der Waals surface area contributed by atoms with Gasteiger partial charge in [-0.2, -0.15) is 0 Å². The fourth-order valence-electron chi connectivity index (χ4n) is 1.34. The molecule has 0 aromatic carbocycles. The molecule has 10 heavy (non-hydrogen) atoms. The molecule has 0 atom stereocenters. The van der Waals surface area contributed by atoms with Gasteiger partial charge in [0.05, 0.1) is 6.10 Å². The number of hydrogen-bond donors (Lipinski definition) is 3. The molecule has 1 aliphatic carbocycles. The minimum absolute atomic E-state index is 0.322. The van der Waals surface area contributed by atoms with Crippen molar-refractivity contribution >= 4 is 6.09 Å². The van der Waals surface area contributed by atoms with Crippen LogP contribution in [-0.4, -0.2) is 27.9 Å². The summed E-state index contributed by atoms with van der Waals surface area (Å²) in [4.78, 5) is 10.1. The van der Waals surface area contributed by atoms with Gasteiger partial charge in [-0.3, -0.25) is 0 Å². The number of nitrogens with one attached hydrogen (secondary N) is 1. The smallest absolute Gasteiger partial charge is 0.405 e. The Bertz CT molecular complexity index is 151. The number of aliphatic hydroxyl groups excluding tert-OH is 1. The van der Waals surface area contributed by atoms with Crippen LogP contribution in [0.5, 0.6) is 0 Å². The van der Waals surface area contributed by atoms with Crippen molar-refractivity contribution in [1.82, 2.24) is 5.32 Å². The fraction of sp³-hybridized carbons (Fsp3) is 0.833.